The van der Waals surface area contributed by atoms with Gasteiger partial charge in [-0.2, -0.15) is 0 Å². The van der Waals surface area contributed by atoms with Crippen LogP contribution in [-0.2, 0) is 23.7 Å². The van der Waals surface area contributed by atoms with E-state index in [1.54, 1.807) is 4.90 Å². The highest BCUT2D eigenvalue weighted by atomic mass is 16.5. The Morgan fingerprint density at radius 1 is 0.650 bits per heavy atom. The highest BCUT2D eigenvalue weighted by molar-refractivity contribution is 5.74. The van der Waals surface area contributed by atoms with E-state index in [1.807, 2.05) is 23.9 Å². The van der Waals surface area contributed by atoms with E-state index in [2.05, 4.69) is 24.5 Å². The maximum atomic E-state index is 14.0. The monoisotopic (exact) mass is 570 g/mol. The minimum absolute atomic E-state index is 0.0417. The molecule has 0 N–H and O–H groups in total. The largest absolute Gasteiger partial charge is 0.379 e. The molecule has 40 heavy (non-hydrogen) atoms. The maximum Gasteiger partial charge on any atom is 0.321 e. The van der Waals surface area contributed by atoms with Crippen LogP contribution in [-0.4, -0.2) is 210 Å². The van der Waals surface area contributed by atoms with Gasteiger partial charge in [-0.1, -0.05) is 0 Å². The smallest absolute Gasteiger partial charge is 0.321 e. The second kappa shape index (κ2) is 16.7. The van der Waals surface area contributed by atoms with Crippen molar-refractivity contribution in [1.82, 2.24) is 39.2 Å². The zero-order valence-corrected chi connectivity index (χ0v) is 24.5. The van der Waals surface area contributed by atoms with Crippen LogP contribution in [0.3, 0.4) is 0 Å². The lowest BCUT2D eigenvalue weighted by atomic mass is 10.3. The Morgan fingerprint density at radius 3 is 1.50 bits per heavy atom. The first-order valence-electron chi connectivity index (χ1n) is 14.6. The molecular weight excluding hydrogens is 520 g/mol. The van der Waals surface area contributed by atoms with Gasteiger partial charge in [0.05, 0.1) is 86.1 Å². The van der Waals surface area contributed by atoms with Gasteiger partial charge in [0.25, 0.3) is 0 Å². The van der Waals surface area contributed by atoms with E-state index in [-0.39, 0.29) is 12.2 Å². The van der Waals surface area contributed by atoms with Crippen molar-refractivity contribution in [2.45, 2.75) is 6.17 Å². The van der Waals surface area contributed by atoms with Crippen LogP contribution < -0.4 is 0 Å². The predicted octanol–water partition coefficient (Wildman–Crippen LogP) is -1.78. The van der Waals surface area contributed by atoms with Crippen molar-refractivity contribution in [3.05, 3.63) is 0 Å². The van der Waals surface area contributed by atoms with E-state index in [9.17, 15) is 9.59 Å². The summed E-state index contributed by atoms with van der Waals surface area (Å²) in [6, 6.07) is -0.0417. The molecule has 0 aliphatic carbocycles. The van der Waals surface area contributed by atoms with Crippen molar-refractivity contribution in [2.75, 3.05) is 153 Å². The summed E-state index contributed by atoms with van der Waals surface area (Å²) in [4.78, 5) is 43.4. The summed E-state index contributed by atoms with van der Waals surface area (Å²) >= 11 is 0. The zero-order valence-electron chi connectivity index (χ0n) is 24.5. The van der Waals surface area contributed by atoms with Crippen LogP contribution in [0.15, 0.2) is 0 Å². The number of nitrogens with zero attached hydrogens (tertiary/aromatic N) is 8. The molecule has 0 aromatic heterocycles. The number of rotatable bonds is 13. The van der Waals surface area contributed by atoms with Gasteiger partial charge in [0.15, 0.2) is 0 Å². The number of hydrogen-bond acceptors (Lipinski definition) is 11. The predicted molar refractivity (Wildman–Crippen MR) is 148 cm³/mol. The lowest BCUT2D eigenvalue weighted by Gasteiger charge is -2.44. The Kier molecular flexibility index (Phi) is 13.1. The molecule has 1 atom stereocenters. The molecule has 4 fully saturated rings. The number of hydrogen-bond donors (Lipinski definition) is 0. The molecule has 4 saturated heterocycles. The summed E-state index contributed by atoms with van der Waals surface area (Å²) in [6.07, 6.45) is 0.634. The molecule has 4 aliphatic rings. The topological polar surface area (TPSA) is 97.0 Å². The van der Waals surface area contributed by atoms with Gasteiger partial charge in [-0.3, -0.25) is 29.3 Å². The first-order valence-corrected chi connectivity index (χ1v) is 14.6. The van der Waals surface area contributed by atoms with Gasteiger partial charge in [-0.05, 0) is 7.05 Å². The Hall–Kier alpha value is -1.62. The third-order valence-corrected chi connectivity index (χ3v) is 7.99. The number of urea groups is 1. The van der Waals surface area contributed by atoms with Gasteiger partial charge in [0.2, 0.25) is 6.41 Å². The summed E-state index contributed by atoms with van der Waals surface area (Å²) in [7, 11) is 3.91. The summed E-state index contributed by atoms with van der Waals surface area (Å²) in [5.74, 6) is 0. The Balaban J connectivity index is 1.50. The average molecular weight is 571 g/mol. The van der Waals surface area contributed by atoms with Gasteiger partial charge < -0.3 is 33.6 Å². The molecule has 0 aromatic rings. The van der Waals surface area contributed by atoms with Crippen molar-refractivity contribution in [2.24, 2.45) is 0 Å². The van der Waals surface area contributed by atoms with Gasteiger partial charge in [-0.15, -0.1) is 0 Å². The van der Waals surface area contributed by atoms with E-state index in [0.717, 1.165) is 58.8 Å². The van der Waals surface area contributed by atoms with E-state index >= 15 is 0 Å². The van der Waals surface area contributed by atoms with Crippen LogP contribution in [0.5, 0.6) is 0 Å². The number of likely N-dealkylation sites (N-methyl/N-ethyl adjacent to an activating group) is 1. The van der Waals surface area contributed by atoms with Crippen molar-refractivity contribution >= 4 is 12.4 Å². The minimum atomic E-state index is -0.301. The molecule has 0 radical (unpaired) electrons. The third kappa shape index (κ3) is 9.74. The molecule has 0 spiro atoms. The fourth-order valence-electron chi connectivity index (χ4n) is 5.54. The quantitative estimate of drug-likeness (QED) is 0.186. The van der Waals surface area contributed by atoms with Gasteiger partial charge in [0, 0.05) is 59.4 Å². The van der Waals surface area contributed by atoms with E-state index in [4.69, 9.17) is 18.9 Å². The molecule has 4 heterocycles. The number of ether oxygens (including phenoxy) is 4. The van der Waals surface area contributed by atoms with Crippen molar-refractivity contribution in [1.29, 1.82) is 0 Å². The number of morpholine rings is 4. The van der Waals surface area contributed by atoms with Gasteiger partial charge in [-0.25, -0.2) is 4.79 Å². The molecule has 3 amide bonds. The fraction of sp³-hybridized carbons (Fsp3) is 0.923. The van der Waals surface area contributed by atoms with E-state index < -0.39 is 0 Å². The summed E-state index contributed by atoms with van der Waals surface area (Å²) in [5.41, 5.74) is 0. The zero-order chi connectivity index (χ0) is 28.2. The highest BCUT2D eigenvalue weighted by Crippen LogP contribution is 2.14. The fourth-order valence-corrected chi connectivity index (χ4v) is 5.54. The van der Waals surface area contributed by atoms with E-state index in [0.29, 0.717) is 86.1 Å². The summed E-state index contributed by atoms with van der Waals surface area (Å²) in [6.45, 7) is 14.4. The lowest BCUT2D eigenvalue weighted by Crippen LogP contribution is -2.61. The Morgan fingerprint density at radius 2 is 1.05 bits per heavy atom. The summed E-state index contributed by atoms with van der Waals surface area (Å²) in [5, 5.41) is 0. The van der Waals surface area contributed by atoms with Crippen molar-refractivity contribution < 1.29 is 28.5 Å². The molecule has 0 bridgehead atoms. The molecule has 14 nitrogen and oxygen atoms in total. The first-order chi connectivity index (χ1) is 19.5. The van der Waals surface area contributed by atoms with E-state index in [1.165, 1.54) is 0 Å². The Bertz CT molecular complexity index is 745. The first kappa shape index (κ1) is 31.3. The molecule has 4 aliphatic heterocycles. The molecule has 1 unspecified atom stereocenters. The molecule has 14 heteroatoms. The van der Waals surface area contributed by atoms with Crippen LogP contribution in [0.25, 0.3) is 0 Å². The molecule has 0 aromatic carbocycles. The molecule has 0 saturated carbocycles. The molecule has 230 valence electrons. The second-order valence-electron chi connectivity index (χ2n) is 11.0. The minimum Gasteiger partial charge on any atom is -0.379 e. The average Bonchev–Trinajstić information content (AvgIpc) is 3.00. The van der Waals surface area contributed by atoms with Gasteiger partial charge in [0.1, 0.15) is 6.17 Å². The maximum absolute atomic E-state index is 14.0. The lowest BCUT2D eigenvalue weighted by molar-refractivity contribution is -0.131. The van der Waals surface area contributed by atoms with Crippen LogP contribution in [0.1, 0.15) is 0 Å². The van der Waals surface area contributed by atoms with Crippen LogP contribution >= 0.6 is 0 Å². The van der Waals surface area contributed by atoms with Crippen molar-refractivity contribution in [3.8, 4) is 0 Å². The Labute approximate surface area is 239 Å². The molecule has 4 rings (SSSR count). The number of carbonyl (C=O) groups excluding carboxylic acids is 2. The van der Waals surface area contributed by atoms with Crippen LogP contribution in [0.4, 0.5) is 4.79 Å². The van der Waals surface area contributed by atoms with Crippen molar-refractivity contribution in [3.63, 3.8) is 0 Å². The third-order valence-electron chi connectivity index (χ3n) is 7.99. The van der Waals surface area contributed by atoms with Crippen LogP contribution in [0, 0.1) is 0 Å². The number of carbonyl (C=O) groups is 2. The second-order valence-corrected chi connectivity index (χ2v) is 11.0. The number of amides is 3. The van der Waals surface area contributed by atoms with Gasteiger partial charge >= 0.3 is 6.03 Å². The van der Waals surface area contributed by atoms with Crippen LogP contribution in [0.2, 0.25) is 0 Å². The SMILES string of the molecule is CN(CN1CCOCC1)C(=O)N(CC(N(C)CN1CCOCC1)N(C=O)CN1CCOCC1)CN1CCOCC1. The summed E-state index contributed by atoms with van der Waals surface area (Å²) < 4.78 is 22.1. The highest BCUT2D eigenvalue weighted by Gasteiger charge is 2.32. The molecular formula is C26H50N8O6. The normalized spacial score (nSPS) is 23.2. The standard InChI is InChI=1S/C26H50N8O6/c1-27(20-29-3-11-37-12-4-29)25(34(24-35)23-32-9-17-40-18-10-32)19-33(22-31-7-15-39-16-8-31)26(36)28(2)21-30-5-13-38-14-6-30/h24-25H,3-23H2,1-2H3.